The first kappa shape index (κ1) is 36.3. The summed E-state index contributed by atoms with van der Waals surface area (Å²) in [5, 5.41) is -0.699. The van der Waals surface area contributed by atoms with Gasteiger partial charge in [0, 0.05) is 12.0 Å². The van der Waals surface area contributed by atoms with Gasteiger partial charge in [0.05, 0.1) is 10.1 Å². The second kappa shape index (κ2) is 16.0. The SMILES string of the molecule is CC(C)=CCC/C(C)=C/CC/C(C)=C/C(C[C@@]1(C)CCc2c(C)c(OCc3ccccc3)c(C)c(C)c2O1)S(=O)(=O)c1ccccc1. The van der Waals surface area contributed by atoms with Crippen LogP contribution < -0.4 is 9.47 Å². The van der Waals surface area contributed by atoms with E-state index in [1.165, 1.54) is 11.1 Å². The maximum Gasteiger partial charge on any atom is 0.184 e. The van der Waals surface area contributed by atoms with E-state index in [1.807, 2.05) is 30.3 Å². The van der Waals surface area contributed by atoms with Crippen molar-refractivity contribution in [3.8, 4) is 11.5 Å². The molecule has 0 amide bonds. The first-order valence-electron chi connectivity index (χ1n) is 17.0. The molecular formula is C42H54O4S. The van der Waals surface area contributed by atoms with Gasteiger partial charge >= 0.3 is 0 Å². The van der Waals surface area contributed by atoms with Crippen molar-refractivity contribution in [2.24, 2.45) is 0 Å². The van der Waals surface area contributed by atoms with Gasteiger partial charge < -0.3 is 9.47 Å². The first-order chi connectivity index (χ1) is 22.3. The van der Waals surface area contributed by atoms with E-state index in [-0.39, 0.29) is 0 Å². The average molecular weight is 655 g/mol. The van der Waals surface area contributed by atoms with Crippen molar-refractivity contribution in [3.63, 3.8) is 0 Å². The van der Waals surface area contributed by atoms with Gasteiger partial charge in [0.1, 0.15) is 23.7 Å². The number of ether oxygens (including phenoxy) is 2. The van der Waals surface area contributed by atoms with Crippen LogP contribution in [-0.4, -0.2) is 19.3 Å². The predicted octanol–water partition coefficient (Wildman–Crippen LogP) is 10.9. The summed E-state index contributed by atoms with van der Waals surface area (Å²) in [4.78, 5) is 0.354. The third kappa shape index (κ3) is 9.50. The van der Waals surface area contributed by atoms with E-state index in [4.69, 9.17) is 9.47 Å². The molecule has 2 atom stereocenters. The van der Waals surface area contributed by atoms with Gasteiger partial charge in [-0.25, -0.2) is 8.42 Å². The second-order valence-corrected chi connectivity index (χ2v) is 16.0. The topological polar surface area (TPSA) is 52.6 Å². The number of hydrogen-bond donors (Lipinski definition) is 0. The van der Waals surface area contributed by atoms with Crippen LogP contribution in [-0.2, 0) is 22.9 Å². The third-order valence-corrected chi connectivity index (χ3v) is 11.5. The molecule has 3 aromatic rings. The maximum atomic E-state index is 14.2. The normalized spacial score (nSPS) is 17.4. The Balaban J connectivity index is 1.57. The molecule has 0 N–H and O–H groups in total. The Kier molecular flexibility index (Phi) is 12.4. The lowest BCUT2D eigenvalue weighted by Crippen LogP contribution is -2.42. The zero-order valence-electron chi connectivity index (χ0n) is 29.8. The molecule has 47 heavy (non-hydrogen) atoms. The average Bonchev–Trinajstić information content (AvgIpc) is 3.04. The van der Waals surface area contributed by atoms with Gasteiger partial charge in [0.15, 0.2) is 9.84 Å². The van der Waals surface area contributed by atoms with E-state index in [2.05, 4.69) is 79.7 Å². The summed E-state index contributed by atoms with van der Waals surface area (Å²) in [6, 6.07) is 19.1. The van der Waals surface area contributed by atoms with Crippen molar-refractivity contribution in [3.05, 3.63) is 123 Å². The zero-order valence-corrected chi connectivity index (χ0v) is 30.6. The van der Waals surface area contributed by atoms with Crippen LogP contribution in [0.2, 0.25) is 0 Å². The van der Waals surface area contributed by atoms with Crippen LogP contribution in [0.3, 0.4) is 0 Å². The second-order valence-electron chi connectivity index (χ2n) is 13.9. The van der Waals surface area contributed by atoms with Gasteiger partial charge in [-0.3, -0.25) is 0 Å². The fourth-order valence-corrected chi connectivity index (χ4v) is 8.35. The predicted molar refractivity (Wildman–Crippen MR) is 196 cm³/mol. The number of rotatable bonds is 14. The van der Waals surface area contributed by atoms with Crippen LogP contribution in [0.1, 0.15) is 101 Å². The van der Waals surface area contributed by atoms with Crippen molar-refractivity contribution < 1.29 is 17.9 Å². The molecule has 0 aromatic heterocycles. The van der Waals surface area contributed by atoms with Gasteiger partial charge in [0.2, 0.25) is 0 Å². The lowest BCUT2D eigenvalue weighted by Gasteiger charge is -2.39. The number of allylic oxidation sites excluding steroid dienone is 5. The molecule has 0 radical (unpaired) electrons. The minimum Gasteiger partial charge on any atom is -0.488 e. The molecule has 4 nitrogen and oxygen atoms in total. The van der Waals surface area contributed by atoms with E-state index in [0.717, 1.165) is 83.4 Å². The Labute approximate surface area is 284 Å². The lowest BCUT2D eigenvalue weighted by atomic mass is 9.84. The molecule has 1 aliphatic heterocycles. The largest absolute Gasteiger partial charge is 0.488 e. The van der Waals surface area contributed by atoms with Crippen LogP contribution in [0, 0.1) is 20.8 Å². The Morgan fingerprint density at radius 2 is 1.47 bits per heavy atom. The highest BCUT2D eigenvalue weighted by Crippen LogP contribution is 2.45. The highest BCUT2D eigenvalue weighted by Gasteiger charge is 2.40. The molecule has 0 saturated heterocycles. The molecular weight excluding hydrogens is 601 g/mol. The van der Waals surface area contributed by atoms with Crippen molar-refractivity contribution in [2.45, 2.75) is 123 Å². The molecule has 1 unspecified atom stereocenters. The molecule has 4 rings (SSSR count). The van der Waals surface area contributed by atoms with Crippen molar-refractivity contribution in [1.82, 2.24) is 0 Å². The van der Waals surface area contributed by atoms with E-state index >= 15 is 0 Å². The maximum absolute atomic E-state index is 14.2. The van der Waals surface area contributed by atoms with Crippen molar-refractivity contribution in [1.29, 1.82) is 0 Å². The Morgan fingerprint density at radius 1 is 0.851 bits per heavy atom. The number of fused-ring (bicyclic) bond motifs is 1. The van der Waals surface area contributed by atoms with Gasteiger partial charge in [-0.15, -0.1) is 0 Å². The van der Waals surface area contributed by atoms with Crippen LogP contribution in [0.4, 0.5) is 0 Å². The Hall–Kier alpha value is -3.57. The van der Waals surface area contributed by atoms with Gasteiger partial charge in [0.25, 0.3) is 0 Å². The van der Waals surface area contributed by atoms with Gasteiger partial charge in [-0.05, 0) is 128 Å². The summed E-state index contributed by atoms with van der Waals surface area (Å²) in [6.07, 6.45) is 12.3. The molecule has 5 heteroatoms. The summed E-state index contributed by atoms with van der Waals surface area (Å²) in [6.45, 7) is 17.4. The van der Waals surface area contributed by atoms with Crippen LogP contribution >= 0.6 is 0 Å². The number of benzene rings is 3. The number of hydrogen-bond acceptors (Lipinski definition) is 4. The fourth-order valence-electron chi connectivity index (χ4n) is 6.48. The van der Waals surface area contributed by atoms with E-state index in [0.29, 0.717) is 17.9 Å². The first-order valence-corrected chi connectivity index (χ1v) is 18.6. The fraction of sp³-hybridized carbons (Fsp3) is 0.429. The summed E-state index contributed by atoms with van der Waals surface area (Å²) in [5.41, 5.74) is 8.68. The van der Waals surface area contributed by atoms with Crippen LogP contribution in [0.5, 0.6) is 11.5 Å². The molecule has 0 fully saturated rings. The van der Waals surface area contributed by atoms with Crippen molar-refractivity contribution >= 4 is 9.84 Å². The molecule has 252 valence electrons. The van der Waals surface area contributed by atoms with E-state index in [9.17, 15) is 8.42 Å². The molecule has 0 aliphatic carbocycles. The number of sulfone groups is 1. The molecule has 3 aromatic carbocycles. The summed E-state index contributed by atoms with van der Waals surface area (Å²) >= 11 is 0. The monoisotopic (exact) mass is 654 g/mol. The zero-order chi connectivity index (χ0) is 34.2. The molecule has 0 bridgehead atoms. The Bertz CT molecular complexity index is 1710. The Morgan fingerprint density at radius 3 is 2.13 bits per heavy atom. The van der Waals surface area contributed by atoms with Gasteiger partial charge in [-0.2, -0.15) is 0 Å². The molecule has 1 heterocycles. The van der Waals surface area contributed by atoms with E-state index in [1.54, 1.807) is 24.3 Å². The van der Waals surface area contributed by atoms with Gasteiger partial charge in [-0.1, -0.05) is 83.5 Å². The standard InChI is InChI=1S/C42H54O4S/c1-30(2)17-15-18-31(3)19-16-20-32(4)27-38(47(43,44)37-23-13-10-14-24-37)28-42(8)26-25-39-35(7)40(33(5)34(6)41(39)46-42)45-29-36-21-11-9-12-22-36/h9-14,17,19,21-24,27,38H,15-16,18,20,25-26,28-29H2,1-8H3/b31-19+,32-27+/t38?,42-/m1/s1. The molecule has 0 spiro atoms. The minimum absolute atomic E-state index is 0.354. The van der Waals surface area contributed by atoms with E-state index < -0.39 is 20.7 Å². The third-order valence-electron chi connectivity index (χ3n) is 9.49. The highest BCUT2D eigenvalue weighted by atomic mass is 32.2. The summed E-state index contributed by atoms with van der Waals surface area (Å²) < 4.78 is 41.6. The quantitative estimate of drug-likeness (QED) is 0.162. The smallest absolute Gasteiger partial charge is 0.184 e. The molecule has 1 aliphatic rings. The summed E-state index contributed by atoms with van der Waals surface area (Å²) in [7, 11) is -3.64. The lowest BCUT2D eigenvalue weighted by molar-refractivity contribution is 0.0564. The van der Waals surface area contributed by atoms with Crippen LogP contribution in [0.15, 0.2) is 101 Å². The highest BCUT2D eigenvalue weighted by molar-refractivity contribution is 7.92. The summed E-state index contributed by atoms with van der Waals surface area (Å²) in [5.74, 6) is 1.80. The van der Waals surface area contributed by atoms with Crippen LogP contribution in [0.25, 0.3) is 0 Å². The molecule has 0 saturated carbocycles. The minimum atomic E-state index is -3.64. The van der Waals surface area contributed by atoms with Crippen molar-refractivity contribution in [2.75, 3.05) is 0 Å².